The molecule has 0 atom stereocenters. The van der Waals surface area contributed by atoms with E-state index in [1.54, 1.807) is 12.4 Å². The van der Waals surface area contributed by atoms with Crippen molar-refractivity contribution in [2.75, 3.05) is 0 Å². The minimum atomic E-state index is -2.03. The van der Waals surface area contributed by atoms with Crippen LogP contribution in [0.2, 0.25) is 0 Å². The smallest absolute Gasteiger partial charge is 0.0242 e. The van der Waals surface area contributed by atoms with Crippen molar-refractivity contribution < 1.29 is 24.2 Å². The van der Waals surface area contributed by atoms with Crippen LogP contribution in [0.4, 0.5) is 0 Å². The van der Waals surface area contributed by atoms with Crippen LogP contribution in [0.25, 0.3) is 33.6 Å². The molecule has 2 heterocycles. The maximum atomic E-state index is 7.61. The molecule has 0 aliphatic rings. The van der Waals surface area contributed by atoms with Crippen LogP contribution in [0.1, 0.15) is 16.5 Å². The average Bonchev–Trinajstić information content (AvgIpc) is 2.90. The number of pyridine rings is 2. The fraction of sp³-hybridized carbons (Fsp3) is 0.0667. The summed E-state index contributed by atoms with van der Waals surface area (Å²) in [5.74, 6) is 0. The molecular formula is C30H24IrN2-2. The summed E-state index contributed by atoms with van der Waals surface area (Å²) in [7, 11) is 0. The second kappa shape index (κ2) is 12.6. The summed E-state index contributed by atoms with van der Waals surface area (Å²) in [5.41, 5.74) is 6.22. The third-order valence-corrected chi connectivity index (χ3v) is 4.90. The van der Waals surface area contributed by atoms with E-state index in [2.05, 4.69) is 22.1 Å². The Morgan fingerprint density at radius 1 is 0.727 bits per heavy atom. The van der Waals surface area contributed by atoms with Crippen molar-refractivity contribution in [3.63, 3.8) is 0 Å². The van der Waals surface area contributed by atoms with Gasteiger partial charge in [0.15, 0.2) is 0 Å². The second-order valence-electron chi connectivity index (χ2n) is 7.04. The van der Waals surface area contributed by atoms with Crippen LogP contribution in [-0.2, 0) is 26.5 Å². The van der Waals surface area contributed by atoms with Crippen molar-refractivity contribution in [2.24, 2.45) is 0 Å². The van der Waals surface area contributed by atoms with Crippen molar-refractivity contribution in [1.82, 2.24) is 9.97 Å². The summed E-state index contributed by atoms with van der Waals surface area (Å²) >= 11 is 0. The number of hydrogen-bond acceptors (Lipinski definition) is 2. The van der Waals surface area contributed by atoms with E-state index in [1.165, 1.54) is 0 Å². The molecule has 2 nitrogen and oxygen atoms in total. The molecule has 5 aromatic rings. The summed E-state index contributed by atoms with van der Waals surface area (Å²) in [4.78, 5) is 8.72. The molecule has 0 aliphatic heterocycles. The fourth-order valence-electron chi connectivity index (χ4n) is 3.30. The minimum Gasteiger partial charge on any atom is -0.305 e. The summed E-state index contributed by atoms with van der Waals surface area (Å²) in [6.45, 7) is -2.03. The second-order valence-corrected chi connectivity index (χ2v) is 7.04. The van der Waals surface area contributed by atoms with Crippen molar-refractivity contribution >= 4 is 0 Å². The Morgan fingerprint density at radius 2 is 1.39 bits per heavy atom. The van der Waals surface area contributed by atoms with Crippen LogP contribution < -0.4 is 0 Å². The molecule has 0 saturated heterocycles. The topological polar surface area (TPSA) is 25.8 Å². The van der Waals surface area contributed by atoms with Gasteiger partial charge in [-0.05, 0) is 35.0 Å². The SMILES string of the molecule is [2H]C([2H])([2H])Cc1cc(-c2[c-]cccc2)ncc1-c1ccccc1.[Ir].[c-]1ccccc1-c1ccccn1. The molecule has 3 aromatic carbocycles. The van der Waals surface area contributed by atoms with Crippen molar-refractivity contribution in [3.8, 4) is 33.6 Å². The van der Waals surface area contributed by atoms with Gasteiger partial charge in [-0.1, -0.05) is 55.4 Å². The zero-order valence-corrected chi connectivity index (χ0v) is 20.3. The van der Waals surface area contributed by atoms with E-state index < -0.39 is 6.85 Å². The molecule has 1 radical (unpaired) electrons. The molecule has 0 aliphatic carbocycles. The maximum Gasteiger partial charge on any atom is 0.0242 e. The van der Waals surface area contributed by atoms with Gasteiger partial charge in [0.1, 0.15) is 0 Å². The van der Waals surface area contributed by atoms with E-state index in [0.717, 1.165) is 39.2 Å². The molecular weight excluding hydrogens is 581 g/mol. The van der Waals surface area contributed by atoms with Crippen molar-refractivity contribution in [2.45, 2.75) is 13.3 Å². The maximum absolute atomic E-state index is 7.61. The molecule has 33 heavy (non-hydrogen) atoms. The molecule has 0 N–H and O–H groups in total. The predicted molar refractivity (Wildman–Crippen MR) is 132 cm³/mol. The Balaban J connectivity index is 0.000000234. The van der Waals surface area contributed by atoms with Gasteiger partial charge in [0.25, 0.3) is 0 Å². The van der Waals surface area contributed by atoms with E-state index >= 15 is 0 Å². The molecule has 165 valence electrons. The van der Waals surface area contributed by atoms with Gasteiger partial charge in [-0.25, -0.2) is 0 Å². The molecule has 2 aromatic heterocycles. The van der Waals surface area contributed by atoms with Crippen LogP contribution in [0.15, 0.2) is 116 Å². The largest absolute Gasteiger partial charge is 0.305 e. The average molecular weight is 608 g/mol. The Morgan fingerprint density at radius 3 is 2.00 bits per heavy atom. The molecule has 0 saturated carbocycles. The third kappa shape index (κ3) is 6.55. The van der Waals surface area contributed by atoms with Gasteiger partial charge in [0.05, 0.1) is 0 Å². The summed E-state index contributed by atoms with van der Waals surface area (Å²) in [6.07, 6.45) is 3.56. The first-order chi connectivity index (χ1) is 17.0. The van der Waals surface area contributed by atoms with Crippen LogP contribution in [0, 0.1) is 12.1 Å². The third-order valence-electron chi connectivity index (χ3n) is 4.90. The van der Waals surface area contributed by atoms with Gasteiger partial charge in [0, 0.05) is 42.2 Å². The van der Waals surface area contributed by atoms with Crippen LogP contribution in [-0.4, -0.2) is 9.97 Å². The Bertz CT molecular complexity index is 1290. The first-order valence-corrected chi connectivity index (χ1v) is 10.4. The Hall–Kier alpha value is -3.39. The van der Waals surface area contributed by atoms with E-state index in [4.69, 9.17) is 4.11 Å². The number of aromatic nitrogens is 2. The molecule has 0 bridgehead atoms. The molecule has 3 heteroatoms. The molecule has 0 spiro atoms. The fourth-order valence-corrected chi connectivity index (χ4v) is 3.30. The number of nitrogens with zero attached hydrogens (tertiary/aromatic N) is 2. The van der Waals surface area contributed by atoms with Crippen molar-refractivity contribution in [3.05, 3.63) is 133 Å². The van der Waals surface area contributed by atoms with Gasteiger partial charge < -0.3 is 9.97 Å². The normalized spacial score (nSPS) is 11.6. The van der Waals surface area contributed by atoms with Gasteiger partial charge in [-0.2, -0.15) is 0 Å². The number of rotatable bonds is 4. The van der Waals surface area contributed by atoms with Gasteiger partial charge in [-0.3, -0.25) is 0 Å². The molecule has 0 amide bonds. The van der Waals surface area contributed by atoms with Gasteiger partial charge in [0.2, 0.25) is 0 Å². The Labute approximate surface area is 214 Å². The number of benzene rings is 3. The summed E-state index contributed by atoms with van der Waals surface area (Å²) in [5, 5.41) is 0. The quantitative estimate of drug-likeness (QED) is 0.200. The first kappa shape index (κ1) is 20.2. The first-order valence-electron chi connectivity index (χ1n) is 11.9. The molecule has 5 rings (SSSR count). The van der Waals surface area contributed by atoms with Crippen molar-refractivity contribution in [1.29, 1.82) is 0 Å². The van der Waals surface area contributed by atoms with Crippen LogP contribution in [0.3, 0.4) is 0 Å². The van der Waals surface area contributed by atoms with Gasteiger partial charge in [-0.15, -0.1) is 71.8 Å². The zero-order chi connectivity index (χ0) is 24.5. The number of hydrogen-bond donors (Lipinski definition) is 0. The zero-order valence-electron chi connectivity index (χ0n) is 20.9. The van der Waals surface area contributed by atoms with Gasteiger partial charge >= 0.3 is 0 Å². The molecule has 0 unspecified atom stereocenters. The molecule has 0 fully saturated rings. The predicted octanol–water partition coefficient (Wildman–Crippen LogP) is 7.32. The van der Waals surface area contributed by atoms with E-state index in [9.17, 15) is 0 Å². The Kier molecular flexibility index (Phi) is 7.72. The minimum absolute atomic E-state index is 0. The standard InChI is InChI=1S/C19H16N.C11H8N.Ir/c1-2-15-13-19(17-11-7-4-8-12-17)20-14-18(15)16-9-5-3-6-10-16;1-2-6-10(7-3-1)11-8-4-5-9-12-11;/h3-11,13-14H,2H2,1H3;1-6,8-9H;/q2*-1;/i1D3;;. The van der Waals surface area contributed by atoms with E-state index in [-0.39, 0.29) is 26.5 Å². The van der Waals surface area contributed by atoms with E-state index in [1.807, 2.05) is 103 Å². The van der Waals surface area contributed by atoms with Crippen LogP contribution in [0.5, 0.6) is 0 Å². The van der Waals surface area contributed by atoms with Crippen LogP contribution >= 0.6 is 0 Å². The summed E-state index contributed by atoms with van der Waals surface area (Å²) in [6, 6.07) is 39.1. The van der Waals surface area contributed by atoms with E-state index in [0.29, 0.717) is 0 Å². The number of aryl methyl sites for hydroxylation is 1. The monoisotopic (exact) mass is 608 g/mol. The summed E-state index contributed by atoms with van der Waals surface area (Å²) < 4.78 is 22.8.